The monoisotopic (exact) mass is 323 g/mol. The van der Waals surface area contributed by atoms with E-state index in [9.17, 15) is 4.79 Å². The third kappa shape index (κ3) is 4.74. The van der Waals surface area contributed by atoms with Crippen LogP contribution in [0.4, 0.5) is 10.5 Å². The summed E-state index contributed by atoms with van der Waals surface area (Å²) in [6, 6.07) is 9.03. The molecule has 0 fully saturated rings. The molecule has 6 heteroatoms. The number of rotatable bonds is 5. The summed E-state index contributed by atoms with van der Waals surface area (Å²) in [6.45, 7) is 0.545. The van der Waals surface area contributed by atoms with E-state index < -0.39 is 0 Å². The lowest BCUT2D eigenvalue weighted by atomic mass is 10.1. The van der Waals surface area contributed by atoms with Gasteiger partial charge in [-0.2, -0.15) is 11.3 Å². The van der Waals surface area contributed by atoms with Crippen molar-refractivity contribution >= 4 is 34.7 Å². The number of carbonyl (C=O) groups is 1. The topological polar surface area (TPSA) is 44.4 Å². The Bertz CT molecular complexity index is 569. The predicted molar refractivity (Wildman–Crippen MR) is 89.2 cm³/mol. The van der Waals surface area contributed by atoms with E-state index in [-0.39, 0.29) is 12.1 Å². The maximum Gasteiger partial charge on any atom is 0.319 e. The Hall–Kier alpha value is -1.56. The highest BCUT2D eigenvalue weighted by Gasteiger charge is 2.15. The summed E-state index contributed by atoms with van der Waals surface area (Å²) < 4.78 is 0. The molecule has 21 heavy (non-hydrogen) atoms. The van der Waals surface area contributed by atoms with Crippen molar-refractivity contribution in [3.8, 4) is 0 Å². The standard InChI is InChI=1S/C15H18ClN3OS/c1-19(2)14(11-7-8-21-10-11)9-17-15(20)18-13-5-3-12(16)4-6-13/h3-8,10,14H,9H2,1-2H3,(H2,17,18,20). The Morgan fingerprint density at radius 2 is 2.00 bits per heavy atom. The number of amides is 2. The Labute approximate surface area is 133 Å². The number of nitrogens with one attached hydrogen (secondary N) is 2. The highest BCUT2D eigenvalue weighted by molar-refractivity contribution is 7.07. The molecule has 2 N–H and O–H groups in total. The fourth-order valence-electron chi connectivity index (χ4n) is 1.96. The van der Waals surface area contributed by atoms with Crippen molar-refractivity contribution in [2.75, 3.05) is 26.0 Å². The lowest BCUT2D eigenvalue weighted by molar-refractivity contribution is 0.243. The van der Waals surface area contributed by atoms with Crippen LogP contribution in [0.5, 0.6) is 0 Å². The van der Waals surface area contributed by atoms with Crippen molar-refractivity contribution in [2.45, 2.75) is 6.04 Å². The van der Waals surface area contributed by atoms with Crippen molar-refractivity contribution in [3.05, 3.63) is 51.7 Å². The second kappa shape index (κ2) is 7.45. The molecule has 1 aromatic carbocycles. The van der Waals surface area contributed by atoms with E-state index in [1.165, 1.54) is 5.56 Å². The van der Waals surface area contributed by atoms with Crippen molar-refractivity contribution in [1.82, 2.24) is 10.2 Å². The van der Waals surface area contributed by atoms with Crippen LogP contribution in [0.2, 0.25) is 5.02 Å². The van der Waals surface area contributed by atoms with E-state index in [2.05, 4.69) is 27.0 Å². The molecule has 1 heterocycles. The van der Waals surface area contributed by atoms with Gasteiger partial charge >= 0.3 is 6.03 Å². The largest absolute Gasteiger partial charge is 0.336 e. The van der Waals surface area contributed by atoms with Crippen LogP contribution in [0.3, 0.4) is 0 Å². The van der Waals surface area contributed by atoms with Gasteiger partial charge in [-0.1, -0.05) is 11.6 Å². The smallest absolute Gasteiger partial charge is 0.319 e. The number of anilines is 1. The summed E-state index contributed by atoms with van der Waals surface area (Å²) in [5.41, 5.74) is 1.92. The van der Waals surface area contributed by atoms with Crippen molar-refractivity contribution in [3.63, 3.8) is 0 Å². The maximum atomic E-state index is 11.9. The van der Waals surface area contributed by atoms with E-state index in [1.54, 1.807) is 35.6 Å². The Balaban J connectivity index is 1.89. The van der Waals surface area contributed by atoms with E-state index in [1.807, 2.05) is 19.5 Å². The number of likely N-dealkylation sites (N-methyl/N-ethyl adjacent to an activating group) is 1. The second-order valence-corrected chi connectivity index (χ2v) is 6.09. The third-order valence-corrected chi connectivity index (χ3v) is 4.06. The van der Waals surface area contributed by atoms with Gasteiger partial charge in [0.1, 0.15) is 0 Å². The minimum atomic E-state index is -0.223. The van der Waals surface area contributed by atoms with Gasteiger partial charge < -0.3 is 15.5 Å². The summed E-state index contributed by atoms with van der Waals surface area (Å²) in [5, 5.41) is 10.5. The Kier molecular flexibility index (Phi) is 5.61. The summed E-state index contributed by atoms with van der Waals surface area (Å²) >= 11 is 7.47. The number of urea groups is 1. The third-order valence-electron chi connectivity index (χ3n) is 3.11. The van der Waals surface area contributed by atoms with Crippen LogP contribution in [0, 0.1) is 0 Å². The Morgan fingerprint density at radius 3 is 2.57 bits per heavy atom. The van der Waals surface area contributed by atoms with Crippen molar-refractivity contribution in [2.24, 2.45) is 0 Å². The molecule has 1 atom stereocenters. The first kappa shape index (κ1) is 15.8. The summed E-state index contributed by atoms with van der Waals surface area (Å²) in [5.74, 6) is 0. The lowest BCUT2D eigenvalue weighted by Crippen LogP contribution is -2.36. The zero-order valence-corrected chi connectivity index (χ0v) is 13.5. The Morgan fingerprint density at radius 1 is 1.29 bits per heavy atom. The fraction of sp³-hybridized carbons (Fsp3) is 0.267. The number of hydrogen-bond donors (Lipinski definition) is 2. The summed E-state index contributed by atoms with van der Waals surface area (Å²) in [6.07, 6.45) is 0. The number of hydrogen-bond acceptors (Lipinski definition) is 3. The lowest BCUT2D eigenvalue weighted by Gasteiger charge is -2.24. The van der Waals surface area contributed by atoms with Gasteiger partial charge in [-0.25, -0.2) is 4.79 Å². The molecular weight excluding hydrogens is 306 g/mol. The van der Waals surface area contributed by atoms with Crippen LogP contribution in [0.15, 0.2) is 41.1 Å². The van der Waals surface area contributed by atoms with Gasteiger partial charge in [0, 0.05) is 17.3 Å². The van der Waals surface area contributed by atoms with Crippen molar-refractivity contribution < 1.29 is 4.79 Å². The molecule has 0 bridgehead atoms. The SMILES string of the molecule is CN(C)C(CNC(=O)Nc1ccc(Cl)cc1)c1ccsc1. The van der Waals surface area contributed by atoms with Crippen LogP contribution >= 0.6 is 22.9 Å². The molecular formula is C15H18ClN3OS. The van der Waals surface area contributed by atoms with E-state index >= 15 is 0 Å². The average Bonchev–Trinajstić information content (AvgIpc) is 2.95. The van der Waals surface area contributed by atoms with Gasteiger partial charge in [-0.05, 0) is 60.8 Å². The van der Waals surface area contributed by atoms with E-state index in [4.69, 9.17) is 11.6 Å². The second-order valence-electron chi connectivity index (χ2n) is 4.88. The molecule has 0 radical (unpaired) electrons. The van der Waals surface area contributed by atoms with E-state index in [0.29, 0.717) is 17.3 Å². The molecule has 112 valence electrons. The highest BCUT2D eigenvalue weighted by atomic mass is 35.5. The van der Waals surface area contributed by atoms with Crippen molar-refractivity contribution in [1.29, 1.82) is 0 Å². The van der Waals surface area contributed by atoms with Gasteiger partial charge in [-0.15, -0.1) is 0 Å². The number of halogens is 1. The molecule has 1 unspecified atom stereocenters. The molecule has 0 saturated carbocycles. The predicted octanol–water partition coefficient (Wildman–Crippen LogP) is 3.83. The molecule has 2 rings (SSSR count). The van der Waals surface area contributed by atoms with Gasteiger partial charge in [0.05, 0.1) is 6.04 Å². The highest BCUT2D eigenvalue weighted by Crippen LogP contribution is 2.20. The van der Waals surface area contributed by atoms with Gasteiger partial charge in [0.25, 0.3) is 0 Å². The zero-order chi connectivity index (χ0) is 15.2. The average molecular weight is 324 g/mol. The minimum Gasteiger partial charge on any atom is -0.336 e. The van der Waals surface area contributed by atoms with Gasteiger partial charge in [-0.3, -0.25) is 0 Å². The minimum absolute atomic E-state index is 0.159. The quantitative estimate of drug-likeness (QED) is 0.878. The normalized spacial score (nSPS) is 12.2. The number of thiophene rings is 1. The summed E-state index contributed by atoms with van der Waals surface area (Å²) in [7, 11) is 4.00. The molecule has 0 spiro atoms. The van der Waals surface area contributed by atoms with Crippen LogP contribution in [-0.4, -0.2) is 31.6 Å². The van der Waals surface area contributed by atoms with Crippen LogP contribution in [0.25, 0.3) is 0 Å². The summed E-state index contributed by atoms with van der Waals surface area (Å²) in [4.78, 5) is 14.0. The first-order valence-corrected chi connectivity index (χ1v) is 7.87. The maximum absolute atomic E-state index is 11.9. The van der Waals surface area contributed by atoms with Crippen LogP contribution in [-0.2, 0) is 0 Å². The molecule has 2 aromatic rings. The van der Waals surface area contributed by atoms with Crippen LogP contribution < -0.4 is 10.6 Å². The number of carbonyl (C=O) groups excluding carboxylic acids is 1. The fourth-order valence-corrected chi connectivity index (χ4v) is 2.79. The molecule has 0 saturated heterocycles. The van der Waals surface area contributed by atoms with Crippen LogP contribution in [0.1, 0.15) is 11.6 Å². The molecule has 0 aliphatic carbocycles. The van der Waals surface area contributed by atoms with Gasteiger partial charge in [0.15, 0.2) is 0 Å². The first-order valence-electron chi connectivity index (χ1n) is 6.55. The molecule has 4 nitrogen and oxygen atoms in total. The zero-order valence-electron chi connectivity index (χ0n) is 12.0. The van der Waals surface area contributed by atoms with E-state index in [0.717, 1.165) is 0 Å². The first-order chi connectivity index (χ1) is 10.1. The number of benzene rings is 1. The number of nitrogens with zero attached hydrogens (tertiary/aromatic N) is 1. The molecule has 2 amide bonds. The molecule has 0 aliphatic rings. The molecule has 1 aromatic heterocycles. The molecule has 0 aliphatic heterocycles. The van der Waals surface area contributed by atoms with Gasteiger partial charge in [0.2, 0.25) is 0 Å².